The molecule has 0 aliphatic carbocycles. The van der Waals surface area contributed by atoms with E-state index in [2.05, 4.69) is 57.2 Å². The van der Waals surface area contributed by atoms with Gasteiger partial charge in [0.15, 0.2) is 0 Å². The average Bonchev–Trinajstić information content (AvgIpc) is 2.69. The quantitative estimate of drug-likeness (QED) is 0.650. The van der Waals surface area contributed by atoms with Crippen LogP contribution in [0.4, 0.5) is 11.4 Å². The molecule has 2 aromatic carbocycles. The molecule has 0 saturated carbocycles. The van der Waals surface area contributed by atoms with Crippen molar-refractivity contribution in [2.75, 3.05) is 36.1 Å². The van der Waals surface area contributed by atoms with Crippen LogP contribution in [0.5, 0.6) is 5.75 Å². The number of piperidine rings is 3. The molecule has 0 amide bonds. The molecule has 5 aliphatic rings. The van der Waals surface area contributed by atoms with E-state index in [9.17, 15) is 0 Å². The highest BCUT2D eigenvalue weighted by Crippen LogP contribution is 2.39. The molecule has 7 rings (SSSR count). The summed E-state index contributed by atoms with van der Waals surface area (Å²) < 4.78 is 6.47. The topological polar surface area (TPSA) is 19.0 Å². The van der Waals surface area contributed by atoms with Crippen molar-refractivity contribution in [1.82, 2.24) is 4.90 Å². The number of fused-ring (bicyclic) bond motifs is 9. The van der Waals surface area contributed by atoms with Crippen molar-refractivity contribution >= 4 is 48.6 Å². The first-order chi connectivity index (χ1) is 12.8. The van der Waals surface area contributed by atoms with Gasteiger partial charge in [0.2, 0.25) is 0 Å². The SMILES string of the molecule is Cl.Cl.Cl.c1ccc2c(c1)CN1CN2Cc2cc(OC3CN4CCC3CC4)ccc21. The second-order valence-electron chi connectivity index (χ2n) is 8.25. The molecule has 0 aromatic heterocycles. The lowest BCUT2D eigenvalue weighted by Crippen LogP contribution is -2.52. The zero-order valence-corrected chi connectivity index (χ0v) is 18.8. The van der Waals surface area contributed by atoms with Crippen LogP contribution in [0, 0.1) is 5.92 Å². The third-order valence-corrected chi connectivity index (χ3v) is 6.67. The van der Waals surface area contributed by atoms with Crippen molar-refractivity contribution in [2.45, 2.75) is 32.0 Å². The van der Waals surface area contributed by atoms with E-state index in [0.29, 0.717) is 6.10 Å². The van der Waals surface area contributed by atoms with Gasteiger partial charge in [-0.15, -0.1) is 37.2 Å². The summed E-state index contributed by atoms with van der Waals surface area (Å²) in [5.41, 5.74) is 5.58. The van der Waals surface area contributed by atoms with Gasteiger partial charge in [0.1, 0.15) is 11.9 Å². The number of anilines is 2. The van der Waals surface area contributed by atoms with E-state index in [1.807, 2.05) is 0 Å². The fourth-order valence-corrected chi connectivity index (χ4v) is 5.28. The molecule has 1 unspecified atom stereocenters. The number of benzene rings is 2. The molecule has 0 radical (unpaired) electrons. The fourth-order valence-electron chi connectivity index (χ4n) is 5.28. The third-order valence-electron chi connectivity index (χ3n) is 6.67. The Morgan fingerprint density at radius 1 is 0.793 bits per heavy atom. The average molecular weight is 457 g/mol. The van der Waals surface area contributed by atoms with Gasteiger partial charge in [0.05, 0.1) is 6.67 Å². The lowest BCUT2D eigenvalue weighted by Gasteiger charge is -2.45. The zero-order valence-electron chi connectivity index (χ0n) is 16.3. The molecule has 0 spiro atoms. The molecule has 158 valence electrons. The number of rotatable bonds is 2. The molecule has 2 aromatic rings. The van der Waals surface area contributed by atoms with Gasteiger partial charge in [-0.1, -0.05) is 18.2 Å². The van der Waals surface area contributed by atoms with Crippen molar-refractivity contribution < 1.29 is 4.74 Å². The van der Waals surface area contributed by atoms with Crippen LogP contribution < -0.4 is 14.5 Å². The highest BCUT2D eigenvalue weighted by molar-refractivity contribution is 5.86. The minimum absolute atomic E-state index is 0. The Hall–Kier alpha value is -1.33. The number of hydrogen-bond donors (Lipinski definition) is 0. The maximum Gasteiger partial charge on any atom is 0.120 e. The molecule has 1 atom stereocenters. The third kappa shape index (κ3) is 3.88. The Balaban J connectivity index is 0.000000801. The molecule has 4 bridgehead atoms. The first-order valence-corrected chi connectivity index (χ1v) is 9.93. The Kier molecular flexibility index (Phi) is 6.79. The van der Waals surface area contributed by atoms with Gasteiger partial charge in [-0.25, -0.2) is 0 Å². The van der Waals surface area contributed by atoms with Crippen LogP contribution in [0.1, 0.15) is 24.0 Å². The summed E-state index contributed by atoms with van der Waals surface area (Å²) in [4.78, 5) is 7.53. The Bertz CT molecular complexity index is 857. The maximum absolute atomic E-state index is 6.47. The molecule has 7 heteroatoms. The predicted octanol–water partition coefficient (Wildman–Crippen LogP) is 4.72. The van der Waals surface area contributed by atoms with Crippen LogP contribution in [0.25, 0.3) is 0 Å². The summed E-state index contributed by atoms with van der Waals surface area (Å²) in [6, 6.07) is 15.6. The molecule has 29 heavy (non-hydrogen) atoms. The summed E-state index contributed by atoms with van der Waals surface area (Å²) in [6.45, 7) is 6.59. The normalized spacial score (nSPS) is 25.6. The van der Waals surface area contributed by atoms with Gasteiger partial charge in [-0.3, -0.25) is 4.90 Å². The molecular formula is C22H28Cl3N3O. The van der Waals surface area contributed by atoms with Gasteiger partial charge in [-0.05, 0) is 67.2 Å². The smallest absolute Gasteiger partial charge is 0.120 e. The highest BCUT2D eigenvalue weighted by Gasteiger charge is 2.36. The fraction of sp³-hybridized carbons (Fsp3) is 0.455. The van der Waals surface area contributed by atoms with Gasteiger partial charge in [0.25, 0.3) is 0 Å². The predicted molar refractivity (Wildman–Crippen MR) is 125 cm³/mol. The van der Waals surface area contributed by atoms with E-state index in [-0.39, 0.29) is 37.2 Å². The van der Waals surface area contributed by atoms with Crippen LogP contribution in [-0.4, -0.2) is 37.3 Å². The first kappa shape index (κ1) is 22.4. The number of nitrogens with zero attached hydrogens (tertiary/aromatic N) is 3. The second kappa shape index (κ2) is 8.81. The zero-order chi connectivity index (χ0) is 17.1. The maximum atomic E-state index is 6.47. The second-order valence-corrected chi connectivity index (χ2v) is 8.25. The standard InChI is InChI=1S/C22H25N3O.3ClH/c1-2-4-20-17(3-1)12-24-15-25(20)13-18-11-19(5-6-21(18)24)26-22-14-23-9-7-16(22)8-10-23;;;/h1-6,11,16,22H,7-10,12-15H2;3*1H. The number of para-hydroxylation sites is 1. The van der Waals surface area contributed by atoms with E-state index in [4.69, 9.17) is 4.74 Å². The first-order valence-electron chi connectivity index (χ1n) is 9.93. The van der Waals surface area contributed by atoms with Crippen LogP contribution in [-0.2, 0) is 13.1 Å². The summed E-state index contributed by atoms with van der Waals surface area (Å²) in [7, 11) is 0. The van der Waals surface area contributed by atoms with E-state index >= 15 is 0 Å². The van der Waals surface area contributed by atoms with Crippen molar-refractivity contribution in [3.8, 4) is 5.75 Å². The van der Waals surface area contributed by atoms with Crippen LogP contribution >= 0.6 is 37.2 Å². The van der Waals surface area contributed by atoms with Gasteiger partial charge in [0, 0.05) is 31.0 Å². The van der Waals surface area contributed by atoms with E-state index in [0.717, 1.165) is 38.0 Å². The molecule has 4 nitrogen and oxygen atoms in total. The minimum atomic E-state index is 0. The molecule has 0 N–H and O–H groups in total. The number of halogens is 3. The number of ether oxygens (including phenoxy) is 1. The van der Waals surface area contributed by atoms with E-state index in [1.54, 1.807) is 0 Å². The van der Waals surface area contributed by atoms with Crippen molar-refractivity contribution in [2.24, 2.45) is 5.92 Å². The summed E-state index contributed by atoms with van der Waals surface area (Å²) in [5, 5.41) is 0. The summed E-state index contributed by atoms with van der Waals surface area (Å²) >= 11 is 0. The molecule has 3 saturated heterocycles. The molecular weight excluding hydrogens is 429 g/mol. The van der Waals surface area contributed by atoms with Crippen molar-refractivity contribution in [3.63, 3.8) is 0 Å². The minimum Gasteiger partial charge on any atom is -0.489 e. The van der Waals surface area contributed by atoms with Crippen LogP contribution in [0.15, 0.2) is 42.5 Å². The van der Waals surface area contributed by atoms with Crippen molar-refractivity contribution in [1.29, 1.82) is 0 Å². The lowest BCUT2D eigenvalue weighted by molar-refractivity contribution is -0.00778. The van der Waals surface area contributed by atoms with Crippen LogP contribution in [0.3, 0.4) is 0 Å². The van der Waals surface area contributed by atoms with Gasteiger partial charge >= 0.3 is 0 Å². The Morgan fingerprint density at radius 3 is 2.21 bits per heavy atom. The monoisotopic (exact) mass is 455 g/mol. The van der Waals surface area contributed by atoms with E-state index < -0.39 is 0 Å². The Morgan fingerprint density at radius 2 is 1.48 bits per heavy atom. The largest absolute Gasteiger partial charge is 0.489 e. The summed E-state index contributed by atoms with van der Waals surface area (Å²) in [6.07, 6.45) is 2.97. The van der Waals surface area contributed by atoms with Gasteiger partial charge < -0.3 is 14.5 Å². The summed E-state index contributed by atoms with van der Waals surface area (Å²) in [5.74, 6) is 1.80. The molecule has 5 aliphatic heterocycles. The molecule has 3 fully saturated rings. The Labute approximate surface area is 191 Å². The van der Waals surface area contributed by atoms with E-state index in [1.165, 1.54) is 48.4 Å². The number of hydrogen-bond acceptors (Lipinski definition) is 4. The van der Waals surface area contributed by atoms with Gasteiger partial charge in [-0.2, -0.15) is 0 Å². The lowest BCUT2D eigenvalue weighted by atomic mass is 9.86. The van der Waals surface area contributed by atoms with Crippen molar-refractivity contribution in [3.05, 3.63) is 53.6 Å². The highest BCUT2D eigenvalue weighted by atomic mass is 35.5. The molecule has 5 heterocycles. The van der Waals surface area contributed by atoms with Crippen LogP contribution in [0.2, 0.25) is 0 Å².